The molecule has 0 bridgehead atoms. The third-order valence-corrected chi connectivity index (χ3v) is 0.744. The summed E-state index contributed by atoms with van der Waals surface area (Å²) < 4.78 is 0. The van der Waals surface area contributed by atoms with Gasteiger partial charge in [-0.15, -0.1) is 0 Å². The highest BCUT2D eigenvalue weighted by Gasteiger charge is 2.00. The zero-order valence-electron chi connectivity index (χ0n) is 5.07. The maximum Gasteiger partial charge on any atom is 0.351 e. The third-order valence-electron chi connectivity index (χ3n) is 0.744. The zero-order valence-corrected chi connectivity index (χ0v) is 5.07. The summed E-state index contributed by atoms with van der Waals surface area (Å²) in [6, 6.07) is 0. The second-order valence-electron chi connectivity index (χ2n) is 1.56. The van der Waals surface area contributed by atoms with Crippen molar-refractivity contribution in [2.45, 2.75) is 6.42 Å². The summed E-state index contributed by atoms with van der Waals surface area (Å²) >= 11 is 0. The van der Waals surface area contributed by atoms with Gasteiger partial charge in [0.25, 0.3) is 0 Å². The second-order valence-corrected chi connectivity index (χ2v) is 1.56. The Bertz CT molecular complexity index is 184. The molecular weight excluding hydrogens is 138 g/mol. The van der Waals surface area contributed by atoms with Gasteiger partial charge in [0.2, 0.25) is 0 Å². The number of aliphatic carboxylic acids is 2. The second kappa shape index (κ2) is 3.49. The van der Waals surface area contributed by atoms with E-state index in [0.717, 1.165) is 6.08 Å². The molecule has 0 spiro atoms. The average Bonchev–Trinajstić information content (AvgIpc) is 1.82. The smallest absolute Gasteiger partial charge is 0.351 e. The minimum atomic E-state index is -1.30. The molecule has 0 aromatic rings. The van der Waals surface area contributed by atoms with Crippen LogP contribution in [0.25, 0.3) is 0 Å². The molecule has 0 amide bonds. The van der Waals surface area contributed by atoms with Gasteiger partial charge >= 0.3 is 11.9 Å². The summed E-state index contributed by atoms with van der Waals surface area (Å²) in [5.74, 6) is -2.41. The van der Waals surface area contributed by atoms with Crippen LogP contribution in [0.1, 0.15) is 6.42 Å². The Kier molecular flexibility index (Phi) is 2.96. The molecule has 0 saturated heterocycles. The molecule has 0 heterocycles. The highest BCUT2D eigenvalue weighted by atomic mass is 16.4. The molecule has 0 radical (unpaired) electrons. The van der Waals surface area contributed by atoms with Gasteiger partial charge in [-0.2, -0.15) is 0 Å². The van der Waals surface area contributed by atoms with Crippen LogP contribution < -0.4 is 5.73 Å². The molecule has 0 aliphatic rings. The summed E-state index contributed by atoms with van der Waals surface area (Å²) in [6.45, 7) is 0. The van der Waals surface area contributed by atoms with Crippen molar-refractivity contribution in [1.82, 2.24) is 0 Å². The fourth-order valence-electron chi connectivity index (χ4n) is 0.285. The van der Waals surface area contributed by atoms with Gasteiger partial charge in [0.15, 0.2) is 0 Å². The lowest BCUT2D eigenvalue weighted by molar-refractivity contribution is -0.136. The van der Waals surface area contributed by atoms with Gasteiger partial charge in [0.1, 0.15) is 5.70 Å². The Balaban J connectivity index is 3.92. The van der Waals surface area contributed by atoms with Crippen molar-refractivity contribution in [3.8, 4) is 0 Å². The van der Waals surface area contributed by atoms with Crippen molar-refractivity contribution in [3.05, 3.63) is 11.8 Å². The Hall–Kier alpha value is -1.52. The van der Waals surface area contributed by atoms with Gasteiger partial charge in [0, 0.05) is 0 Å². The predicted octanol–water partition coefficient (Wildman–Crippen LogP) is -0.612. The van der Waals surface area contributed by atoms with Crippen molar-refractivity contribution in [1.29, 1.82) is 0 Å². The largest absolute Gasteiger partial charge is 0.481 e. The normalized spacial score (nSPS) is 11.0. The molecule has 0 atom stereocenters. The minimum absolute atomic E-state index is 0.363. The van der Waals surface area contributed by atoms with Crippen LogP contribution in [0.5, 0.6) is 0 Å². The molecule has 10 heavy (non-hydrogen) atoms. The van der Waals surface area contributed by atoms with Crippen LogP contribution in [0.2, 0.25) is 0 Å². The van der Waals surface area contributed by atoms with Crippen molar-refractivity contribution in [3.63, 3.8) is 0 Å². The molecule has 0 rings (SSSR count). The quantitative estimate of drug-likeness (QED) is 0.460. The van der Waals surface area contributed by atoms with Gasteiger partial charge < -0.3 is 15.9 Å². The first-order valence-electron chi connectivity index (χ1n) is 2.44. The van der Waals surface area contributed by atoms with Crippen LogP contribution >= 0.6 is 0 Å². The molecule has 0 aromatic heterocycles. The number of carbonyl (C=O) groups is 2. The molecule has 0 saturated carbocycles. The van der Waals surface area contributed by atoms with Crippen LogP contribution in [0, 0.1) is 0 Å². The predicted molar refractivity (Wildman–Crippen MR) is 32.2 cm³/mol. The van der Waals surface area contributed by atoms with Gasteiger partial charge in [-0.05, 0) is 6.08 Å². The summed E-state index contributed by atoms with van der Waals surface area (Å²) in [6.07, 6.45) is 0.572. The lowest BCUT2D eigenvalue weighted by atomic mass is 10.3. The Morgan fingerprint density at radius 2 is 1.90 bits per heavy atom. The van der Waals surface area contributed by atoms with Crippen molar-refractivity contribution in [2.24, 2.45) is 5.73 Å². The topological polar surface area (TPSA) is 101 Å². The molecule has 56 valence electrons. The molecule has 0 aliphatic heterocycles. The van der Waals surface area contributed by atoms with E-state index < -0.39 is 17.6 Å². The third kappa shape index (κ3) is 3.48. The number of hydrogen-bond donors (Lipinski definition) is 3. The monoisotopic (exact) mass is 145 g/mol. The average molecular weight is 145 g/mol. The summed E-state index contributed by atoms with van der Waals surface area (Å²) in [5.41, 5.74) is 4.42. The Morgan fingerprint density at radius 3 is 2.20 bits per heavy atom. The number of carboxylic acids is 2. The van der Waals surface area contributed by atoms with Crippen LogP contribution in [0.15, 0.2) is 11.8 Å². The van der Waals surface area contributed by atoms with Gasteiger partial charge in [-0.25, -0.2) is 4.79 Å². The maximum absolute atomic E-state index is 9.93. The van der Waals surface area contributed by atoms with Crippen molar-refractivity contribution in [2.75, 3.05) is 0 Å². The van der Waals surface area contributed by atoms with E-state index >= 15 is 0 Å². The van der Waals surface area contributed by atoms with Crippen LogP contribution in [0.4, 0.5) is 0 Å². The van der Waals surface area contributed by atoms with E-state index in [-0.39, 0.29) is 6.42 Å². The van der Waals surface area contributed by atoms with E-state index in [2.05, 4.69) is 0 Å². The lowest BCUT2D eigenvalue weighted by Crippen LogP contribution is -2.10. The SMILES string of the molecule is NC(=CCC(=O)O)C(=O)O. The van der Waals surface area contributed by atoms with Crippen LogP contribution in [0.3, 0.4) is 0 Å². The summed E-state index contributed by atoms with van der Waals surface area (Å²) in [7, 11) is 0. The van der Waals surface area contributed by atoms with E-state index in [9.17, 15) is 9.59 Å². The van der Waals surface area contributed by atoms with Crippen molar-refractivity contribution >= 4 is 11.9 Å². The number of hydrogen-bond acceptors (Lipinski definition) is 3. The fourth-order valence-corrected chi connectivity index (χ4v) is 0.285. The van der Waals surface area contributed by atoms with Crippen LogP contribution in [-0.2, 0) is 9.59 Å². The number of carboxylic acid groups (broad SMARTS) is 2. The molecule has 0 fully saturated rings. The van der Waals surface area contributed by atoms with E-state index in [1.54, 1.807) is 0 Å². The minimum Gasteiger partial charge on any atom is -0.481 e. The molecule has 5 heteroatoms. The van der Waals surface area contributed by atoms with Crippen molar-refractivity contribution < 1.29 is 19.8 Å². The van der Waals surface area contributed by atoms with E-state index in [0.29, 0.717) is 0 Å². The molecular formula is C5H7NO4. The van der Waals surface area contributed by atoms with Crippen LogP contribution in [-0.4, -0.2) is 22.2 Å². The van der Waals surface area contributed by atoms with E-state index in [1.165, 1.54) is 0 Å². The first kappa shape index (κ1) is 8.48. The number of rotatable bonds is 3. The number of nitrogens with two attached hydrogens (primary N) is 1. The van der Waals surface area contributed by atoms with E-state index in [4.69, 9.17) is 15.9 Å². The Labute approximate surface area is 56.8 Å². The summed E-state index contributed by atoms with van der Waals surface area (Å²) in [4.78, 5) is 19.8. The Morgan fingerprint density at radius 1 is 1.40 bits per heavy atom. The van der Waals surface area contributed by atoms with E-state index in [1.807, 2.05) is 0 Å². The molecule has 4 N–H and O–H groups in total. The summed E-state index contributed by atoms with van der Waals surface area (Å²) in [5, 5.41) is 16.2. The zero-order chi connectivity index (χ0) is 8.15. The van der Waals surface area contributed by atoms with Gasteiger partial charge in [-0.3, -0.25) is 4.79 Å². The maximum atomic E-state index is 9.93. The van der Waals surface area contributed by atoms with Gasteiger partial charge in [0.05, 0.1) is 6.42 Å². The standard InChI is InChI=1S/C5H7NO4/c6-3(5(9)10)1-2-4(7)8/h1H,2,6H2,(H,7,8)(H,9,10). The highest BCUT2D eigenvalue weighted by Crippen LogP contribution is 1.87. The molecule has 0 aromatic carbocycles. The first-order valence-corrected chi connectivity index (χ1v) is 2.44. The molecule has 0 aliphatic carbocycles. The fraction of sp³-hybridized carbons (Fsp3) is 0.200. The molecule has 0 unspecified atom stereocenters. The first-order chi connectivity index (χ1) is 4.54. The van der Waals surface area contributed by atoms with Gasteiger partial charge in [-0.1, -0.05) is 0 Å². The highest BCUT2D eigenvalue weighted by molar-refractivity contribution is 5.86. The molecule has 5 nitrogen and oxygen atoms in total. The lowest BCUT2D eigenvalue weighted by Gasteiger charge is -1.89.